The van der Waals surface area contributed by atoms with Crippen LogP contribution in [-0.4, -0.2) is 39.9 Å². The summed E-state index contributed by atoms with van der Waals surface area (Å²) in [5.41, 5.74) is 4.16. The number of carbonyl (C=O) groups excluding carboxylic acids is 2. The third kappa shape index (κ3) is 3.96. The Morgan fingerprint density at radius 3 is 2.61 bits per heavy atom. The highest BCUT2D eigenvalue weighted by Gasteiger charge is 2.29. The molecule has 1 aliphatic rings. The van der Waals surface area contributed by atoms with Gasteiger partial charge in [0, 0.05) is 25.8 Å². The minimum Gasteiger partial charge on any atom is -0.340 e. The van der Waals surface area contributed by atoms with Crippen LogP contribution in [0, 0.1) is 13.8 Å². The lowest BCUT2D eigenvalue weighted by Gasteiger charge is -2.19. The summed E-state index contributed by atoms with van der Waals surface area (Å²) >= 11 is 0. The first kappa shape index (κ1) is 20.1. The van der Waals surface area contributed by atoms with Crippen molar-refractivity contribution in [2.45, 2.75) is 59.4 Å². The minimum absolute atomic E-state index is 0.0924. The van der Waals surface area contributed by atoms with Gasteiger partial charge in [-0.25, -0.2) is 4.98 Å². The topological polar surface area (TPSA) is 67.2 Å². The molecule has 1 aliphatic heterocycles. The Balaban J connectivity index is 1.92. The average molecular weight is 383 g/mol. The summed E-state index contributed by atoms with van der Waals surface area (Å²) in [5, 5.41) is 3.01. The van der Waals surface area contributed by atoms with Crippen LogP contribution in [0.3, 0.4) is 0 Å². The largest absolute Gasteiger partial charge is 0.340 e. The van der Waals surface area contributed by atoms with Gasteiger partial charge in [0.25, 0.3) is 11.8 Å². The third-order valence-corrected chi connectivity index (χ3v) is 5.44. The number of unbranched alkanes of at least 4 members (excludes halogenated alkanes) is 1. The van der Waals surface area contributed by atoms with Gasteiger partial charge in [-0.3, -0.25) is 9.59 Å². The van der Waals surface area contributed by atoms with Crippen molar-refractivity contribution in [2.75, 3.05) is 18.9 Å². The van der Waals surface area contributed by atoms with Crippen LogP contribution in [0.4, 0.5) is 5.69 Å². The average Bonchev–Trinajstić information content (AvgIpc) is 3.08. The van der Waals surface area contributed by atoms with Crippen molar-refractivity contribution in [1.29, 1.82) is 0 Å². The number of nitrogens with one attached hydrogen (secondary N) is 1. The molecular weight excluding hydrogens is 352 g/mol. The lowest BCUT2D eigenvalue weighted by Crippen LogP contribution is -2.29. The van der Waals surface area contributed by atoms with Crippen molar-refractivity contribution in [2.24, 2.45) is 0 Å². The molecule has 0 atom stereocenters. The van der Waals surface area contributed by atoms with Crippen molar-refractivity contribution in [3.05, 3.63) is 46.5 Å². The first-order valence-electron chi connectivity index (χ1n) is 10.2. The highest BCUT2D eigenvalue weighted by molar-refractivity contribution is 6.04. The summed E-state index contributed by atoms with van der Waals surface area (Å²) in [6.07, 6.45) is 4.78. The number of hydrogen-bond donors (Lipinski definition) is 1. The van der Waals surface area contributed by atoms with Crippen LogP contribution in [0.25, 0.3) is 0 Å². The van der Waals surface area contributed by atoms with Crippen molar-refractivity contribution in [3.8, 4) is 0 Å². The molecular formula is C22H30N4O2. The Kier molecular flexibility index (Phi) is 6.17. The van der Waals surface area contributed by atoms with Gasteiger partial charge in [0.05, 0.1) is 5.69 Å². The molecule has 2 heterocycles. The number of fused-ring (bicyclic) bond motifs is 1. The maximum absolute atomic E-state index is 13.0. The quantitative estimate of drug-likeness (QED) is 0.822. The molecule has 0 bridgehead atoms. The van der Waals surface area contributed by atoms with Gasteiger partial charge >= 0.3 is 0 Å². The second kappa shape index (κ2) is 8.59. The van der Waals surface area contributed by atoms with Crippen molar-refractivity contribution in [1.82, 2.24) is 14.5 Å². The summed E-state index contributed by atoms with van der Waals surface area (Å²) in [6.45, 7) is 7.48. The number of aryl methyl sites for hydroxylation is 2. The summed E-state index contributed by atoms with van der Waals surface area (Å²) in [7, 11) is 1.81. The molecule has 0 radical (unpaired) electrons. The SMILES string of the molecule is CCCCN(C)C(=O)c1nc(C(=O)Nc2c(C)cccc2C)n2c1CCCC2. The van der Waals surface area contributed by atoms with Crippen LogP contribution < -0.4 is 5.32 Å². The second-order valence-corrected chi connectivity index (χ2v) is 7.64. The highest BCUT2D eigenvalue weighted by Crippen LogP contribution is 2.24. The number of hydrogen-bond acceptors (Lipinski definition) is 3. The zero-order chi connectivity index (χ0) is 20.3. The number of imidazole rings is 1. The van der Waals surface area contributed by atoms with Gasteiger partial charge in [-0.15, -0.1) is 0 Å². The molecule has 2 amide bonds. The van der Waals surface area contributed by atoms with Gasteiger partial charge in [0.15, 0.2) is 5.82 Å². The van der Waals surface area contributed by atoms with E-state index in [0.717, 1.165) is 61.2 Å². The number of amides is 2. The third-order valence-electron chi connectivity index (χ3n) is 5.44. The summed E-state index contributed by atoms with van der Waals surface area (Å²) in [6, 6.07) is 5.92. The van der Waals surface area contributed by atoms with Gasteiger partial charge in [-0.2, -0.15) is 0 Å². The van der Waals surface area contributed by atoms with E-state index < -0.39 is 0 Å². The molecule has 6 heteroatoms. The maximum atomic E-state index is 13.0. The van der Waals surface area contributed by atoms with E-state index in [0.29, 0.717) is 18.1 Å². The van der Waals surface area contributed by atoms with E-state index in [2.05, 4.69) is 17.2 Å². The number of rotatable bonds is 6. The molecule has 28 heavy (non-hydrogen) atoms. The number of nitrogens with zero attached hydrogens (tertiary/aromatic N) is 3. The van der Waals surface area contributed by atoms with E-state index in [-0.39, 0.29) is 11.8 Å². The Hall–Kier alpha value is -2.63. The Morgan fingerprint density at radius 2 is 1.93 bits per heavy atom. The summed E-state index contributed by atoms with van der Waals surface area (Å²) < 4.78 is 1.94. The predicted octanol–water partition coefficient (Wildman–Crippen LogP) is 3.96. The molecule has 3 rings (SSSR count). The molecule has 0 fully saturated rings. The molecule has 2 aromatic rings. The first-order valence-corrected chi connectivity index (χ1v) is 10.2. The Morgan fingerprint density at radius 1 is 1.21 bits per heavy atom. The molecule has 0 saturated carbocycles. The zero-order valence-electron chi connectivity index (χ0n) is 17.3. The summed E-state index contributed by atoms with van der Waals surface area (Å²) in [5.74, 6) is -0.00868. The Labute approximate surface area is 166 Å². The standard InChI is InChI=1S/C22H30N4O2/c1-5-6-13-25(4)22(28)19-17-12-7-8-14-26(17)20(23-19)21(27)24-18-15(2)10-9-11-16(18)3/h9-11H,5-8,12-14H2,1-4H3,(H,24,27). The number of anilines is 1. The number of carbonyl (C=O) groups is 2. The van der Waals surface area contributed by atoms with Crippen LogP contribution in [0.2, 0.25) is 0 Å². The molecule has 6 nitrogen and oxygen atoms in total. The Bertz CT molecular complexity index is 865. The fourth-order valence-corrected chi connectivity index (χ4v) is 3.75. The smallest absolute Gasteiger partial charge is 0.291 e. The molecule has 0 unspecified atom stereocenters. The lowest BCUT2D eigenvalue weighted by molar-refractivity contribution is 0.0786. The fraction of sp³-hybridized carbons (Fsp3) is 0.500. The monoisotopic (exact) mass is 382 g/mol. The van der Waals surface area contributed by atoms with Crippen LogP contribution in [0.5, 0.6) is 0 Å². The van der Waals surface area contributed by atoms with E-state index in [1.807, 2.05) is 43.7 Å². The molecule has 0 aliphatic carbocycles. The van der Waals surface area contributed by atoms with E-state index in [4.69, 9.17) is 0 Å². The first-order chi connectivity index (χ1) is 13.4. The maximum Gasteiger partial charge on any atom is 0.291 e. The number of benzene rings is 1. The van der Waals surface area contributed by atoms with Crippen molar-refractivity contribution >= 4 is 17.5 Å². The van der Waals surface area contributed by atoms with E-state index >= 15 is 0 Å². The number of para-hydroxylation sites is 1. The predicted molar refractivity (Wildman–Crippen MR) is 111 cm³/mol. The molecule has 0 saturated heterocycles. The van der Waals surface area contributed by atoms with Crippen LogP contribution in [-0.2, 0) is 13.0 Å². The zero-order valence-corrected chi connectivity index (χ0v) is 17.3. The lowest BCUT2D eigenvalue weighted by atomic mass is 10.1. The fourth-order valence-electron chi connectivity index (χ4n) is 3.75. The van der Waals surface area contributed by atoms with Gasteiger partial charge in [0.2, 0.25) is 0 Å². The van der Waals surface area contributed by atoms with E-state index in [1.165, 1.54) is 0 Å². The number of aromatic nitrogens is 2. The van der Waals surface area contributed by atoms with Gasteiger partial charge < -0.3 is 14.8 Å². The normalized spacial score (nSPS) is 13.1. The van der Waals surface area contributed by atoms with Crippen LogP contribution in [0.1, 0.15) is 70.5 Å². The van der Waals surface area contributed by atoms with Crippen molar-refractivity contribution in [3.63, 3.8) is 0 Å². The van der Waals surface area contributed by atoms with E-state index in [9.17, 15) is 9.59 Å². The van der Waals surface area contributed by atoms with Gasteiger partial charge in [0.1, 0.15) is 5.69 Å². The van der Waals surface area contributed by atoms with Crippen molar-refractivity contribution < 1.29 is 9.59 Å². The molecule has 0 spiro atoms. The molecule has 1 N–H and O–H groups in total. The second-order valence-electron chi connectivity index (χ2n) is 7.64. The molecule has 150 valence electrons. The van der Waals surface area contributed by atoms with E-state index in [1.54, 1.807) is 4.90 Å². The highest BCUT2D eigenvalue weighted by atomic mass is 16.2. The minimum atomic E-state index is -0.254. The van der Waals surface area contributed by atoms with Gasteiger partial charge in [-0.1, -0.05) is 31.5 Å². The van der Waals surface area contributed by atoms with Crippen LogP contribution in [0.15, 0.2) is 18.2 Å². The molecule has 1 aromatic heterocycles. The van der Waals surface area contributed by atoms with Gasteiger partial charge in [-0.05, 0) is 50.7 Å². The molecule has 1 aromatic carbocycles. The summed E-state index contributed by atoms with van der Waals surface area (Å²) in [4.78, 5) is 32.2. The van der Waals surface area contributed by atoms with Crippen LogP contribution >= 0.6 is 0 Å².